The van der Waals surface area contributed by atoms with Crippen LogP contribution in [0.2, 0.25) is 0 Å². The van der Waals surface area contributed by atoms with Crippen molar-refractivity contribution in [2.24, 2.45) is 28.6 Å². The molecule has 0 spiro atoms. The molecular formula is C37H53N. The predicted octanol–water partition coefficient (Wildman–Crippen LogP) is 10.1. The van der Waals surface area contributed by atoms with Crippen LogP contribution in [0.1, 0.15) is 121 Å². The van der Waals surface area contributed by atoms with Crippen LogP contribution < -0.4 is 5.32 Å². The highest BCUT2D eigenvalue weighted by Crippen LogP contribution is 2.62. The third-order valence-electron chi connectivity index (χ3n) is 11.7. The fourth-order valence-corrected chi connectivity index (χ4v) is 8.79. The van der Waals surface area contributed by atoms with E-state index in [1.165, 1.54) is 94.8 Å². The maximum absolute atomic E-state index is 4.09. The van der Waals surface area contributed by atoms with Gasteiger partial charge in [0.05, 0.1) is 0 Å². The van der Waals surface area contributed by atoms with Crippen molar-refractivity contribution in [3.63, 3.8) is 0 Å². The van der Waals surface area contributed by atoms with E-state index in [1.54, 1.807) is 16.7 Å². The summed E-state index contributed by atoms with van der Waals surface area (Å²) >= 11 is 0. The monoisotopic (exact) mass is 511 g/mol. The third-order valence-corrected chi connectivity index (χ3v) is 11.7. The van der Waals surface area contributed by atoms with Crippen molar-refractivity contribution in [2.45, 2.75) is 104 Å². The summed E-state index contributed by atoms with van der Waals surface area (Å²) in [6, 6.07) is 7.15. The van der Waals surface area contributed by atoms with E-state index in [0.717, 1.165) is 17.8 Å². The Hall–Kier alpha value is -1.86. The number of rotatable bonds is 5. The highest BCUT2D eigenvalue weighted by atomic mass is 15.0. The number of fused-ring (bicyclic) bond motifs is 4. The minimum absolute atomic E-state index is 0.405. The first-order valence-electron chi connectivity index (χ1n) is 16.0. The summed E-state index contributed by atoms with van der Waals surface area (Å²) in [5.74, 6) is 3.22. The maximum atomic E-state index is 4.09. The van der Waals surface area contributed by atoms with Crippen LogP contribution in [0.4, 0.5) is 0 Å². The van der Waals surface area contributed by atoms with Crippen LogP contribution in [-0.2, 0) is 0 Å². The summed E-state index contributed by atoms with van der Waals surface area (Å²) in [5.41, 5.74) is 8.73. The molecule has 1 heteroatoms. The van der Waals surface area contributed by atoms with Gasteiger partial charge in [0.25, 0.3) is 0 Å². The van der Waals surface area contributed by atoms with E-state index in [1.807, 2.05) is 6.08 Å². The lowest BCUT2D eigenvalue weighted by molar-refractivity contribution is 0.136. The molecule has 0 aromatic heterocycles. The smallest absolute Gasteiger partial charge is 0.00200 e. The average Bonchev–Trinajstić information content (AvgIpc) is 3.15. The van der Waals surface area contributed by atoms with Crippen molar-refractivity contribution in [2.75, 3.05) is 13.1 Å². The lowest BCUT2D eigenvalue weighted by atomic mass is 9.60. The van der Waals surface area contributed by atoms with Crippen molar-refractivity contribution in [3.05, 3.63) is 70.8 Å². The summed E-state index contributed by atoms with van der Waals surface area (Å²) in [5, 5.41) is 3.30. The molecule has 1 aromatic rings. The van der Waals surface area contributed by atoms with Crippen LogP contribution in [0, 0.1) is 28.6 Å². The second kappa shape index (κ2) is 11.7. The van der Waals surface area contributed by atoms with Crippen LogP contribution in [-0.4, -0.2) is 13.1 Å². The topological polar surface area (TPSA) is 12.0 Å². The molecule has 0 radical (unpaired) electrons. The van der Waals surface area contributed by atoms with E-state index in [9.17, 15) is 0 Å². The minimum atomic E-state index is 0.405. The quantitative estimate of drug-likeness (QED) is 0.414. The van der Waals surface area contributed by atoms with Gasteiger partial charge in [-0.1, -0.05) is 87.9 Å². The van der Waals surface area contributed by atoms with Gasteiger partial charge in [0.15, 0.2) is 0 Å². The molecule has 1 heterocycles. The molecule has 1 saturated heterocycles. The maximum Gasteiger partial charge on any atom is 0.00200 e. The van der Waals surface area contributed by atoms with Gasteiger partial charge in [-0.2, -0.15) is 0 Å². The van der Waals surface area contributed by atoms with Crippen LogP contribution in [0.25, 0.3) is 12.2 Å². The van der Waals surface area contributed by atoms with Crippen molar-refractivity contribution in [1.29, 1.82) is 0 Å². The Kier molecular flexibility index (Phi) is 8.54. The predicted molar refractivity (Wildman–Crippen MR) is 166 cm³/mol. The molecule has 1 aromatic carbocycles. The summed E-state index contributed by atoms with van der Waals surface area (Å²) in [6.45, 7) is 15.9. The first-order chi connectivity index (χ1) is 18.5. The second-order valence-electron chi connectivity index (χ2n) is 13.4. The minimum Gasteiger partial charge on any atom is -0.316 e. The summed E-state index contributed by atoms with van der Waals surface area (Å²) < 4.78 is 0. The summed E-state index contributed by atoms with van der Waals surface area (Å²) in [4.78, 5) is 0. The standard InChI is InChI=1S/C30H38.C7H15N/c1-4-8-22-11-12-26(19-21(22)5-2)28-15-16-29-27-14-13-23-9-6-7-10-24(23)20-25(27)17-18-30(28,29)3;1-3-7(4-2)5-8-6-7/h4-5,8,11-12,17,19-20,23,27-29H,2,6-7,9-10,13-16,18H2,1,3H3;8H,3-6H2,1-2H3/b8-4-;. The molecule has 4 aliphatic carbocycles. The highest BCUT2D eigenvalue weighted by molar-refractivity contribution is 5.65. The summed E-state index contributed by atoms with van der Waals surface area (Å²) in [6.07, 6.45) is 26.9. The zero-order valence-electron chi connectivity index (χ0n) is 24.8. The van der Waals surface area contributed by atoms with E-state index >= 15 is 0 Å². The largest absolute Gasteiger partial charge is 0.316 e. The van der Waals surface area contributed by atoms with Gasteiger partial charge in [0, 0.05) is 13.1 Å². The molecule has 206 valence electrons. The second-order valence-corrected chi connectivity index (χ2v) is 13.4. The Morgan fingerprint density at radius 1 is 1.00 bits per heavy atom. The van der Waals surface area contributed by atoms with Crippen molar-refractivity contribution in [3.8, 4) is 0 Å². The number of hydrogen-bond acceptors (Lipinski definition) is 1. The van der Waals surface area contributed by atoms with Gasteiger partial charge >= 0.3 is 0 Å². The SMILES string of the molecule is C=Cc1cc(C2CCC3C4CCC5CCCCC5=CC4=CCC23C)ccc1/C=C\C.CCC1(CC)CNC1. The molecule has 5 atom stereocenters. The zero-order valence-corrected chi connectivity index (χ0v) is 24.8. The number of benzene rings is 1. The number of nitrogens with one attached hydrogen (secondary N) is 1. The van der Waals surface area contributed by atoms with E-state index in [2.05, 4.69) is 82.1 Å². The Morgan fingerprint density at radius 2 is 1.82 bits per heavy atom. The molecule has 6 rings (SSSR count). The first kappa shape index (κ1) is 27.7. The van der Waals surface area contributed by atoms with Crippen molar-refractivity contribution >= 4 is 12.2 Å². The molecule has 3 fully saturated rings. The van der Waals surface area contributed by atoms with Gasteiger partial charge in [-0.05, 0) is 128 Å². The van der Waals surface area contributed by atoms with E-state index in [4.69, 9.17) is 0 Å². The molecule has 1 N–H and O–H groups in total. The molecule has 1 aliphatic heterocycles. The molecular weight excluding hydrogens is 458 g/mol. The van der Waals surface area contributed by atoms with Crippen LogP contribution in [0.5, 0.6) is 0 Å². The molecule has 1 nitrogen and oxygen atoms in total. The number of hydrogen-bond donors (Lipinski definition) is 1. The Morgan fingerprint density at radius 3 is 2.47 bits per heavy atom. The molecule has 0 bridgehead atoms. The normalized spacial score (nSPS) is 33.4. The van der Waals surface area contributed by atoms with Crippen LogP contribution >= 0.6 is 0 Å². The Labute approximate surface area is 234 Å². The molecule has 38 heavy (non-hydrogen) atoms. The summed E-state index contributed by atoms with van der Waals surface area (Å²) in [7, 11) is 0. The van der Waals surface area contributed by atoms with Crippen LogP contribution in [0.3, 0.4) is 0 Å². The lowest BCUT2D eigenvalue weighted by Gasteiger charge is -2.44. The van der Waals surface area contributed by atoms with Crippen molar-refractivity contribution < 1.29 is 0 Å². The van der Waals surface area contributed by atoms with Gasteiger partial charge in [-0.15, -0.1) is 0 Å². The average molecular weight is 512 g/mol. The van der Waals surface area contributed by atoms with E-state index in [-0.39, 0.29) is 0 Å². The molecule has 0 amide bonds. The van der Waals surface area contributed by atoms with Gasteiger partial charge in [-0.3, -0.25) is 0 Å². The van der Waals surface area contributed by atoms with Gasteiger partial charge in [-0.25, -0.2) is 0 Å². The molecule has 5 unspecified atom stereocenters. The van der Waals surface area contributed by atoms with Crippen LogP contribution in [0.15, 0.2) is 54.2 Å². The molecule has 5 aliphatic rings. The van der Waals surface area contributed by atoms with E-state index < -0.39 is 0 Å². The fourth-order valence-electron chi connectivity index (χ4n) is 8.79. The van der Waals surface area contributed by atoms with Gasteiger partial charge in [0.1, 0.15) is 0 Å². The fraction of sp³-hybridized carbons (Fsp3) is 0.622. The lowest BCUT2D eigenvalue weighted by Crippen LogP contribution is -2.52. The zero-order chi connectivity index (χ0) is 26.8. The van der Waals surface area contributed by atoms with E-state index in [0.29, 0.717) is 16.7 Å². The Bertz CT molecular complexity index is 1070. The van der Waals surface area contributed by atoms with Crippen molar-refractivity contribution in [1.82, 2.24) is 5.32 Å². The highest BCUT2D eigenvalue weighted by Gasteiger charge is 2.52. The molecule has 2 saturated carbocycles. The van der Waals surface area contributed by atoms with Gasteiger partial charge < -0.3 is 5.32 Å². The third kappa shape index (κ3) is 5.17. The first-order valence-corrected chi connectivity index (χ1v) is 16.0. The van der Waals surface area contributed by atoms with Gasteiger partial charge in [0.2, 0.25) is 0 Å². The number of allylic oxidation sites excluding steroid dienone is 5. The Balaban J connectivity index is 0.000000316.